The van der Waals surface area contributed by atoms with E-state index in [4.69, 9.17) is 38.2 Å². The van der Waals surface area contributed by atoms with E-state index in [1.165, 1.54) is 12.8 Å². The second kappa shape index (κ2) is 6.22. The lowest BCUT2D eigenvalue weighted by Gasteiger charge is -2.16. The monoisotopic (exact) mass is 382 g/mol. The Hall–Kier alpha value is -2.17. The zero-order valence-corrected chi connectivity index (χ0v) is 15.5. The molecule has 4 nitrogen and oxygen atoms in total. The molecule has 2 aromatic heterocycles. The first-order chi connectivity index (χ1) is 12.7. The van der Waals surface area contributed by atoms with Gasteiger partial charge in [-0.25, -0.2) is 15.0 Å². The van der Waals surface area contributed by atoms with E-state index < -0.39 is 0 Å². The van der Waals surface area contributed by atoms with Gasteiger partial charge in [-0.05, 0) is 43.2 Å². The molecular formula is C20H16Cl2N4. The Labute approximate surface area is 160 Å². The van der Waals surface area contributed by atoms with E-state index in [9.17, 15) is 0 Å². The van der Waals surface area contributed by atoms with Crippen LogP contribution < -0.4 is 0 Å². The Kier molecular flexibility index (Phi) is 3.84. The van der Waals surface area contributed by atoms with E-state index in [1.54, 1.807) is 6.07 Å². The van der Waals surface area contributed by atoms with Crippen LogP contribution >= 0.6 is 23.2 Å². The Morgan fingerprint density at radius 3 is 2.35 bits per heavy atom. The van der Waals surface area contributed by atoms with E-state index in [2.05, 4.69) is 4.57 Å². The Balaban J connectivity index is 1.83. The highest BCUT2D eigenvalue weighted by molar-refractivity contribution is 6.36. The normalized spacial score (nSPS) is 15.3. The number of benzene rings is 2. The topological polar surface area (TPSA) is 43.6 Å². The highest BCUT2D eigenvalue weighted by Crippen LogP contribution is 2.38. The summed E-state index contributed by atoms with van der Waals surface area (Å²) >= 11 is 12.6. The molecule has 0 bridgehead atoms. The van der Waals surface area contributed by atoms with Crippen molar-refractivity contribution >= 4 is 45.5 Å². The zero-order chi connectivity index (χ0) is 17.7. The summed E-state index contributed by atoms with van der Waals surface area (Å²) in [6.45, 7) is 0. The predicted octanol–water partition coefficient (Wildman–Crippen LogP) is 6.07. The maximum atomic E-state index is 6.50. The van der Waals surface area contributed by atoms with Crippen LogP contribution in [0, 0.1) is 0 Å². The third-order valence-corrected chi connectivity index (χ3v) is 5.61. The predicted molar refractivity (Wildman–Crippen MR) is 106 cm³/mol. The summed E-state index contributed by atoms with van der Waals surface area (Å²) in [5.74, 6) is 0.823. The van der Waals surface area contributed by atoms with Crippen molar-refractivity contribution in [2.45, 2.75) is 31.7 Å². The molecule has 130 valence electrons. The van der Waals surface area contributed by atoms with Gasteiger partial charge in [0, 0.05) is 16.6 Å². The minimum absolute atomic E-state index is 0.372. The van der Waals surface area contributed by atoms with Crippen LogP contribution in [-0.4, -0.2) is 19.5 Å². The van der Waals surface area contributed by atoms with Crippen LogP contribution in [0.5, 0.6) is 0 Å². The first-order valence-corrected chi connectivity index (χ1v) is 9.56. The summed E-state index contributed by atoms with van der Waals surface area (Å²) in [6, 6.07) is 13.8. The van der Waals surface area contributed by atoms with Gasteiger partial charge in [-0.15, -0.1) is 0 Å². The molecule has 0 radical (unpaired) electrons. The smallest absolute Gasteiger partial charge is 0.198 e. The average Bonchev–Trinajstić information content (AvgIpc) is 3.26. The molecule has 2 heterocycles. The number of nitrogens with zero attached hydrogens (tertiary/aromatic N) is 4. The second-order valence-electron chi connectivity index (χ2n) is 6.73. The van der Waals surface area contributed by atoms with Gasteiger partial charge < -0.3 is 4.57 Å². The van der Waals surface area contributed by atoms with Gasteiger partial charge in [-0.1, -0.05) is 48.2 Å². The molecule has 0 amide bonds. The number of hydrogen-bond acceptors (Lipinski definition) is 3. The van der Waals surface area contributed by atoms with Crippen molar-refractivity contribution in [2.75, 3.05) is 0 Å². The van der Waals surface area contributed by atoms with Gasteiger partial charge in [-0.2, -0.15) is 0 Å². The Bertz CT molecular complexity index is 1130. The van der Waals surface area contributed by atoms with E-state index in [0.717, 1.165) is 40.9 Å². The summed E-state index contributed by atoms with van der Waals surface area (Å²) in [5.41, 5.74) is 4.10. The van der Waals surface area contributed by atoms with Gasteiger partial charge in [0.2, 0.25) is 0 Å². The zero-order valence-electron chi connectivity index (χ0n) is 14.0. The van der Waals surface area contributed by atoms with Crippen molar-refractivity contribution in [2.24, 2.45) is 0 Å². The number of rotatable bonds is 2. The lowest BCUT2D eigenvalue weighted by Crippen LogP contribution is -2.08. The van der Waals surface area contributed by atoms with Crippen LogP contribution in [0.4, 0.5) is 0 Å². The van der Waals surface area contributed by atoms with Crippen LogP contribution in [0.25, 0.3) is 33.7 Å². The first kappa shape index (κ1) is 16.0. The Morgan fingerprint density at radius 2 is 1.62 bits per heavy atom. The fourth-order valence-electron chi connectivity index (χ4n) is 3.84. The van der Waals surface area contributed by atoms with Gasteiger partial charge in [0.15, 0.2) is 11.3 Å². The molecule has 0 aliphatic heterocycles. The van der Waals surface area contributed by atoms with Gasteiger partial charge in [-0.3, -0.25) is 0 Å². The quantitative estimate of drug-likeness (QED) is 0.422. The highest BCUT2D eigenvalue weighted by Gasteiger charge is 2.26. The van der Waals surface area contributed by atoms with E-state index in [0.29, 0.717) is 21.7 Å². The van der Waals surface area contributed by atoms with Gasteiger partial charge in [0.05, 0.1) is 16.1 Å². The van der Waals surface area contributed by atoms with Gasteiger partial charge in [0.25, 0.3) is 0 Å². The molecule has 2 aromatic carbocycles. The van der Waals surface area contributed by atoms with Crippen molar-refractivity contribution in [3.63, 3.8) is 0 Å². The lowest BCUT2D eigenvalue weighted by molar-refractivity contribution is 0.534. The van der Waals surface area contributed by atoms with Crippen LogP contribution in [0.15, 0.2) is 42.5 Å². The minimum atomic E-state index is 0.372. The fourth-order valence-corrected chi connectivity index (χ4v) is 4.33. The van der Waals surface area contributed by atoms with Crippen molar-refractivity contribution in [1.82, 2.24) is 19.5 Å². The number of imidazole rings is 1. The van der Waals surface area contributed by atoms with Gasteiger partial charge in [0.1, 0.15) is 5.82 Å². The molecule has 1 fully saturated rings. The molecule has 5 rings (SSSR count). The molecule has 4 aromatic rings. The van der Waals surface area contributed by atoms with Crippen molar-refractivity contribution < 1.29 is 0 Å². The average molecular weight is 383 g/mol. The number of aromatic nitrogens is 4. The van der Waals surface area contributed by atoms with Crippen LogP contribution in [0.1, 0.15) is 31.7 Å². The molecular weight excluding hydrogens is 367 g/mol. The number of halogens is 2. The summed E-state index contributed by atoms with van der Waals surface area (Å²) in [7, 11) is 0. The molecule has 0 atom stereocenters. The molecule has 0 N–H and O–H groups in total. The molecule has 1 aliphatic rings. The molecule has 0 spiro atoms. The summed E-state index contributed by atoms with van der Waals surface area (Å²) in [5, 5.41) is 1.21. The minimum Gasteiger partial charge on any atom is -0.304 e. The van der Waals surface area contributed by atoms with Crippen LogP contribution in [0.2, 0.25) is 10.0 Å². The number of para-hydroxylation sites is 2. The number of fused-ring (bicyclic) bond motifs is 2. The third kappa shape index (κ3) is 2.56. The second-order valence-corrected chi connectivity index (χ2v) is 7.57. The van der Waals surface area contributed by atoms with Gasteiger partial charge >= 0.3 is 0 Å². The fraction of sp³-hybridized carbons (Fsp3) is 0.250. The molecule has 26 heavy (non-hydrogen) atoms. The third-order valence-electron chi connectivity index (χ3n) is 5.06. The SMILES string of the molecule is Clc1ccc(-c2nc3nc4ccccc4nc3n2C2CCCC2)c(Cl)c1. The molecule has 1 aliphatic carbocycles. The maximum Gasteiger partial charge on any atom is 0.198 e. The van der Waals surface area contributed by atoms with E-state index >= 15 is 0 Å². The van der Waals surface area contributed by atoms with E-state index in [1.807, 2.05) is 36.4 Å². The molecule has 6 heteroatoms. The largest absolute Gasteiger partial charge is 0.304 e. The lowest BCUT2D eigenvalue weighted by atomic mass is 10.2. The number of hydrogen-bond donors (Lipinski definition) is 0. The maximum absolute atomic E-state index is 6.50. The summed E-state index contributed by atoms with van der Waals surface area (Å²) < 4.78 is 2.23. The first-order valence-electron chi connectivity index (χ1n) is 8.81. The van der Waals surface area contributed by atoms with Crippen LogP contribution in [-0.2, 0) is 0 Å². The highest BCUT2D eigenvalue weighted by atomic mass is 35.5. The molecule has 1 saturated carbocycles. The molecule has 0 saturated heterocycles. The summed E-state index contributed by atoms with van der Waals surface area (Å²) in [6.07, 6.45) is 4.69. The Morgan fingerprint density at radius 1 is 0.885 bits per heavy atom. The van der Waals surface area contributed by atoms with Crippen LogP contribution in [0.3, 0.4) is 0 Å². The van der Waals surface area contributed by atoms with Crippen molar-refractivity contribution in [3.05, 3.63) is 52.5 Å². The van der Waals surface area contributed by atoms with E-state index in [-0.39, 0.29) is 0 Å². The van der Waals surface area contributed by atoms with Crippen molar-refractivity contribution in [1.29, 1.82) is 0 Å². The molecule has 0 unspecified atom stereocenters. The summed E-state index contributed by atoms with van der Waals surface area (Å²) in [4.78, 5) is 14.5. The standard InChI is InChI=1S/C20H16Cl2N4/c21-12-9-10-14(15(22)11-12)19-25-18-20(26(19)13-5-1-2-6-13)24-17-8-4-3-7-16(17)23-18/h3-4,7-11,13H,1-2,5-6H2. The van der Waals surface area contributed by atoms with Crippen molar-refractivity contribution in [3.8, 4) is 11.4 Å².